The molecule has 1 radical (unpaired) electrons. The predicted octanol–water partition coefficient (Wildman–Crippen LogP) is 1.93. The van der Waals surface area contributed by atoms with Crippen LogP contribution < -0.4 is 0 Å². The van der Waals surface area contributed by atoms with Gasteiger partial charge in [-0.1, -0.05) is 0 Å². The van der Waals surface area contributed by atoms with E-state index in [9.17, 15) is 9.90 Å². The topological polar surface area (TPSA) is 46.2 Å². The van der Waals surface area contributed by atoms with Crippen LogP contribution in [-0.4, -0.2) is 17.7 Å². The first-order chi connectivity index (χ1) is 5.31. The molecule has 0 aromatic rings. The zero-order valence-electron chi connectivity index (χ0n) is 8.22. The Balaban J connectivity index is 3.61. The van der Waals surface area contributed by atoms with Crippen molar-refractivity contribution in [3.63, 3.8) is 0 Å². The quantitative estimate of drug-likeness (QED) is 0.612. The summed E-state index contributed by atoms with van der Waals surface area (Å²) < 4.78 is 5.01. The first kappa shape index (κ1) is 11.4. The van der Waals surface area contributed by atoms with Crippen molar-refractivity contribution in [3.8, 4) is 0 Å². The Hall–Kier alpha value is -0.570. The van der Waals surface area contributed by atoms with E-state index in [0.717, 1.165) is 0 Å². The van der Waals surface area contributed by atoms with E-state index in [1.165, 1.54) is 0 Å². The van der Waals surface area contributed by atoms with Crippen LogP contribution >= 0.6 is 0 Å². The van der Waals surface area contributed by atoms with Crippen molar-refractivity contribution in [1.29, 1.82) is 0 Å². The third-order valence-corrected chi connectivity index (χ3v) is 1.18. The van der Waals surface area contributed by atoms with Crippen LogP contribution in [0.1, 0.15) is 40.5 Å². The molecule has 12 heavy (non-hydrogen) atoms. The summed E-state index contributed by atoms with van der Waals surface area (Å²) in [4.78, 5) is 11.0. The van der Waals surface area contributed by atoms with Gasteiger partial charge in [-0.2, -0.15) is 0 Å². The van der Waals surface area contributed by atoms with Crippen molar-refractivity contribution in [2.45, 2.75) is 52.2 Å². The van der Waals surface area contributed by atoms with Gasteiger partial charge in [0.2, 0.25) is 0 Å². The molecule has 1 atom stereocenters. The number of rotatable bonds is 3. The van der Waals surface area contributed by atoms with E-state index in [1.54, 1.807) is 6.92 Å². The molecule has 0 bridgehead atoms. The summed E-state index contributed by atoms with van der Waals surface area (Å²) in [6.45, 7) is 6.98. The van der Waals surface area contributed by atoms with Crippen molar-refractivity contribution in [1.82, 2.24) is 0 Å². The molecule has 3 heteroatoms. The maximum absolute atomic E-state index is 11.0. The molecule has 0 amide bonds. The van der Waals surface area contributed by atoms with Crippen LogP contribution in [0.3, 0.4) is 0 Å². The second kappa shape index (κ2) is 4.45. The van der Waals surface area contributed by atoms with Gasteiger partial charge >= 0.3 is 5.97 Å². The molecule has 3 nitrogen and oxygen atoms in total. The minimum absolute atomic E-state index is 0.224. The van der Waals surface area contributed by atoms with Gasteiger partial charge in [-0.25, -0.2) is 5.11 Å². The minimum atomic E-state index is -0.683. The molecule has 0 aromatic heterocycles. The molecule has 0 aliphatic rings. The highest BCUT2D eigenvalue weighted by atomic mass is 16.6. The Morgan fingerprint density at radius 1 is 1.42 bits per heavy atom. The molecule has 0 N–H and O–H groups in total. The van der Waals surface area contributed by atoms with Crippen LogP contribution in [0.5, 0.6) is 0 Å². The summed E-state index contributed by atoms with van der Waals surface area (Å²) in [5, 5.41) is 10.6. The van der Waals surface area contributed by atoms with Crippen LogP contribution in [0.25, 0.3) is 0 Å². The number of esters is 1. The molecule has 1 unspecified atom stereocenters. The summed E-state index contributed by atoms with van der Waals surface area (Å²) in [6, 6.07) is 0. The van der Waals surface area contributed by atoms with Crippen LogP contribution in [-0.2, 0) is 14.6 Å². The highest BCUT2D eigenvalue weighted by Gasteiger charge is 2.16. The van der Waals surface area contributed by atoms with Crippen molar-refractivity contribution < 1.29 is 14.6 Å². The third-order valence-electron chi connectivity index (χ3n) is 1.18. The smallest absolute Gasteiger partial charge is 0.306 e. The average molecular weight is 173 g/mol. The van der Waals surface area contributed by atoms with Gasteiger partial charge in [-0.15, -0.1) is 0 Å². The summed E-state index contributed by atoms with van der Waals surface area (Å²) >= 11 is 0. The monoisotopic (exact) mass is 173 g/mol. The summed E-state index contributed by atoms with van der Waals surface area (Å²) in [5.74, 6) is -0.287. The molecule has 0 rings (SSSR count). The predicted molar refractivity (Wildman–Crippen MR) is 45.2 cm³/mol. The van der Waals surface area contributed by atoms with Crippen molar-refractivity contribution in [2.24, 2.45) is 0 Å². The molecule has 0 aliphatic carbocycles. The van der Waals surface area contributed by atoms with Gasteiger partial charge in [0, 0.05) is 6.42 Å². The highest BCUT2D eigenvalue weighted by molar-refractivity contribution is 5.69. The van der Waals surface area contributed by atoms with Crippen LogP contribution in [0.15, 0.2) is 0 Å². The Morgan fingerprint density at radius 3 is 2.25 bits per heavy atom. The minimum Gasteiger partial charge on any atom is -0.460 e. The first-order valence-corrected chi connectivity index (χ1v) is 4.19. The van der Waals surface area contributed by atoms with Gasteiger partial charge in [0.1, 0.15) is 5.60 Å². The molecule has 0 aromatic carbocycles. The lowest BCUT2D eigenvalue weighted by molar-refractivity contribution is -0.155. The van der Waals surface area contributed by atoms with Gasteiger partial charge in [-0.05, 0) is 34.1 Å². The molecular weight excluding hydrogens is 156 g/mol. The molecule has 0 fully saturated rings. The fourth-order valence-electron chi connectivity index (χ4n) is 0.714. The van der Waals surface area contributed by atoms with Crippen molar-refractivity contribution in [3.05, 3.63) is 0 Å². The number of ether oxygens (including phenoxy) is 1. The highest BCUT2D eigenvalue weighted by Crippen LogP contribution is 2.09. The lowest BCUT2D eigenvalue weighted by Crippen LogP contribution is -2.24. The SMILES string of the molecule is CC([O])CCC(=O)OC(C)(C)C. The van der Waals surface area contributed by atoms with Crippen LogP contribution in [0, 0.1) is 0 Å². The molecule has 0 saturated heterocycles. The van der Waals surface area contributed by atoms with Crippen LogP contribution in [0.4, 0.5) is 0 Å². The Kier molecular flexibility index (Phi) is 4.24. The Labute approximate surface area is 73.7 Å². The van der Waals surface area contributed by atoms with E-state index >= 15 is 0 Å². The van der Waals surface area contributed by atoms with E-state index in [-0.39, 0.29) is 12.4 Å². The number of carbonyl (C=O) groups is 1. The van der Waals surface area contributed by atoms with Gasteiger partial charge in [-0.3, -0.25) is 4.79 Å². The van der Waals surface area contributed by atoms with E-state index in [2.05, 4.69) is 0 Å². The second-order valence-corrected chi connectivity index (χ2v) is 3.94. The maximum atomic E-state index is 11.0. The zero-order valence-corrected chi connectivity index (χ0v) is 8.22. The van der Waals surface area contributed by atoms with Crippen molar-refractivity contribution >= 4 is 5.97 Å². The second-order valence-electron chi connectivity index (χ2n) is 3.94. The summed E-state index contributed by atoms with van der Waals surface area (Å²) in [7, 11) is 0. The number of hydrogen-bond donors (Lipinski definition) is 0. The standard InChI is InChI=1S/C9H17O3/c1-7(10)5-6-8(11)12-9(2,3)4/h7H,5-6H2,1-4H3. The largest absolute Gasteiger partial charge is 0.460 e. The van der Waals surface area contributed by atoms with Crippen molar-refractivity contribution in [2.75, 3.05) is 0 Å². The lowest BCUT2D eigenvalue weighted by Gasteiger charge is -2.19. The molecule has 0 spiro atoms. The molecule has 0 aliphatic heterocycles. The Morgan fingerprint density at radius 2 is 1.92 bits per heavy atom. The van der Waals surface area contributed by atoms with Gasteiger partial charge in [0.05, 0.1) is 6.10 Å². The van der Waals surface area contributed by atoms with Gasteiger partial charge in [0.15, 0.2) is 0 Å². The van der Waals surface area contributed by atoms with E-state index in [0.29, 0.717) is 6.42 Å². The Bertz CT molecular complexity index is 144. The van der Waals surface area contributed by atoms with E-state index in [1.807, 2.05) is 20.8 Å². The summed E-state index contributed by atoms with van der Waals surface area (Å²) in [6.07, 6.45) is -0.103. The normalized spacial score (nSPS) is 14.1. The molecular formula is C9H17O3. The third kappa shape index (κ3) is 7.54. The lowest BCUT2D eigenvalue weighted by atomic mass is 10.2. The molecule has 0 saturated carbocycles. The van der Waals surface area contributed by atoms with E-state index < -0.39 is 11.7 Å². The van der Waals surface area contributed by atoms with Crippen LogP contribution in [0.2, 0.25) is 0 Å². The maximum Gasteiger partial charge on any atom is 0.306 e. The van der Waals surface area contributed by atoms with Gasteiger partial charge < -0.3 is 4.74 Å². The number of carbonyl (C=O) groups excluding carboxylic acids is 1. The fraction of sp³-hybridized carbons (Fsp3) is 0.889. The van der Waals surface area contributed by atoms with E-state index in [4.69, 9.17) is 4.74 Å². The average Bonchev–Trinajstić information content (AvgIpc) is 1.79. The van der Waals surface area contributed by atoms with Gasteiger partial charge in [0.25, 0.3) is 0 Å². The number of hydrogen-bond acceptors (Lipinski definition) is 2. The molecule has 0 heterocycles. The summed E-state index contributed by atoms with van der Waals surface area (Å²) in [5.41, 5.74) is -0.441. The molecule has 71 valence electrons. The fourth-order valence-corrected chi connectivity index (χ4v) is 0.714. The zero-order chi connectivity index (χ0) is 9.78. The first-order valence-electron chi connectivity index (χ1n) is 4.19.